The fraction of sp³-hybridized carbons (Fsp3) is 0.381. The molecule has 23 heavy (non-hydrogen) atoms. The van der Waals surface area contributed by atoms with Crippen molar-refractivity contribution in [1.29, 1.82) is 0 Å². The van der Waals surface area contributed by atoms with E-state index in [1.165, 1.54) is 36.9 Å². The zero-order valence-corrected chi connectivity index (χ0v) is 14.5. The Morgan fingerprint density at radius 2 is 1.65 bits per heavy atom. The van der Waals surface area contributed by atoms with Gasteiger partial charge in [-0.25, -0.2) is 4.57 Å². The SMILES string of the molecule is CCCCc1ccc[n+](C(N)=Cc2ccccc2)c1CCCC. The second-order valence-electron chi connectivity index (χ2n) is 6.04. The number of unbranched alkanes of at least 4 members (excludes halogenated alkanes) is 2. The van der Waals surface area contributed by atoms with Crippen LogP contribution in [0.25, 0.3) is 11.9 Å². The normalized spacial score (nSPS) is 11.7. The van der Waals surface area contributed by atoms with E-state index in [4.69, 9.17) is 5.73 Å². The number of nitrogens with two attached hydrogens (primary N) is 1. The van der Waals surface area contributed by atoms with Crippen LogP contribution in [-0.4, -0.2) is 0 Å². The summed E-state index contributed by atoms with van der Waals surface area (Å²) < 4.78 is 2.17. The molecule has 0 atom stereocenters. The summed E-state index contributed by atoms with van der Waals surface area (Å²) in [6, 6.07) is 14.6. The molecule has 2 rings (SSSR count). The third-order valence-corrected chi connectivity index (χ3v) is 4.15. The van der Waals surface area contributed by atoms with E-state index in [0.717, 1.165) is 24.2 Å². The topological polar surface area (TPSA) is 29.9 Å². The van der Waals surface area contributed by atoms with Crippen LogP contribution in [0.15, 0.2) is 48.7 Å². The average molecular weight is 309 g/mol. The Labute approximate surface area is 140 Å². The summed E-state index contributed by atoms with van der Waals surface area (Å²) in [4.78, 5) is 0. The van der Waals surface area contributed by atoms with Crippen LogP contribution in [0.5, 0.6) is 0 Å². The van der Waals surface area contributed by atoms with Crippen LogP contribution < -0.4 is 10.3 Å². The molecule has 0 radical (unpaired) electrons. The highest BCUT2D eigenvalue weighted by molar-refractivity contribution is 5.63. The predicted molar refractivity (Wildman–Crippen MR) is 98.7 cm³/mol. The summed E-state index contributed by atoms with van der Waals surface area (Å²) in [6.45, 7) is 4.48. The first kappa shape index (κ1) is 17.3. The summed E-state index contributed by atoms with van der Waals surface area (Å²) in [7, 11) is 0. The minimum Gasteiger partial charge on any atom is -0.287 e. The van der Waals surface area contributed by atoms with Gasteiger partial charge in [0, 0.05) is 12.5 Å². The van der Waals surface area contributed by atoms with E-state index in [0.29, 0.717) is 0 Å². The number of pyridine rings is 1. The van der Waals surface area contributed by atoms with Crippen molar-refractivity contribution in [1.82, 2.24) is 0 Å². The molecule has 0 saturated carbocycles. The molecule has 2 nitrogen and oxygen atoms in total. The Morgan fingerprint density at radius 3 is 2.35 bits per heavy atom. The van der Waals surface area contributed by atoms with Gasteiger partial charge in [-0.15, -0.1) is 0 Å². The Hall–Kier alpha value is -2.09. The van der Waals surface area contributed by atoms with Crippen LogP contribution in [0.2, 0.25) is 0 Å². The van der Waals surface area contributed by atoms with E-state index in [1.807, 2.05) is 18.2 Å². The number of nitrogens with zero attached hydrogens (tertiary/aromatic N) is 1. The largest absolute Gasteiger partial charge is 0.287 e. The Morgan fingerprint density at radius 1 is 0.957 bits per heavy atom. The molecular formula is C21H29N2+. The first-order chi connectivity index (χ1) is 11.3. The molecule has 0 saturated heterocycles. The maximum absolute atomic E-state index is 6.42. The van der Waals surface area contributed by atoms with Crippen LogP contribution >= 0.6 is 0 Å². The van der Waals surface area contributed by atoms with Gasteiger partial charge in [0.25, 0.3) is 5.82 Å². The molecule has 2 aromatic rings. The van der Waals surface area contributed by atoms with E-state index in [2.05, 4.69) is 55.0 Å². The van der Waals surface area contributed by atoms with E-state index in [1.54, 1.807) is 0 Å². The van der Waals surface area contributed by atoms with Gasteiger partial charge in [0.05, 0.1) is 6.20 Å². The van der Waals surface area contributed by atoms with Crippen LogP contribution in [0, 0.1) is 0 Å². The molecule has 1 aromatic carbocycles. The molecule has 1 heterocycles. The number of aromatic nitrogens is 1. The van der Waals surface area contributed by atoms with Crippen LogP contribution in [0.1, 0.15) is 56.4 Å². The molecule has 0 aliphatic rings. The number of rotatable bonds is 8. The highest BCUT2D eigenvalue weighted by Gasteiger charge is 2.14. The predicted octanol–water partition coefficient (Wildman–Crippen LogP) is 4.57. The summed E-state index contributed by atoms with van der Waals surface area (Å²) in [5.74, 6) is 0.792. The fourth-order valence-corrected chi connectivity index (χ4v) is 2.84. The number of benzene rings is 1. The van der Waals surface area contributed by atoms with E-state index in [9.17, 15) is 0 Å². The standard InChI is InChI=1S/C21H29N2/c1-3-5-13-19-14-10-16-23(20(19)15-6-4-2)21(22)17-18-11-8-7-9-12-18/h7-12,14,16-17H,3-6,13,15,22H2,1-2H3/q+1. The fourth-order valence-electron chi connectivity index (χ4n) is 2.84. The lowest BCUT2D eigenvalue weighted by molar-refractivity contribution is -0.591. The van der Waals surface area contributed by atoms with Crippen molar-refractivity contribution in [3.8, 4) is 0 Å². The molecule has 0 spiro atoms. The zero-order valence-electron chi connectivity index (χ0n) is 14.5. The van der Waals surface area contributed by atoms with Crippen molar-refractivity contribution in [2.45, 2.75) is 52.4 Å². The molecule has 2 N–H and O–H groups in total. The average Bonchev–Trinajstić information content (AvgIpc) is 2.59. The molecule has 122 valence electrons. The lowest BCUT2D eigenvalue weighted by Crippen LogP contribution is -2.41. The van der Waals surface area contributed by atoms with Gasteiger partial charge in [-0.05, 0) is 36.5 Å². The summed E-state index contributed by atoms with van der Waals surface area (Å²) in [5, 5.41) is 0. The smallest absolute Gasteiger partial charge is 0.277 e. The maximum Gasteiger partial charge on any atom is 0.277 e. The molecule has 0 bridgehead atoms. The second kappa shape index (κ2) is 9.14. The van der Waals surface area contributed by atoms with Crippen molar-refractivity contribution in [2.75, 3.05) is 0 Å². The van der Waals surface area contributed by atoms with E-state index < -0.39 is 0 Å². The quantitative estimate of drug-likeness (QED) is 0.711. The van der Waals surface area contributed by atoms with E-state index >= 15 is 0 Å². The zero-order chi connectivity index (χ0) is 16.5. The summed E-state index contributed by atoms with van der Waals surface area (Å²) in [6.07, 6.45) is 11.2. The summed E-state index contributed by atoms with van der Waals surface area (Å²) >= 11 is 0. The minimum atomic E-state index is 0.792. The third-order valence-electron chi connectivity index (χ3n) is 4.15. The van der Waals surface area contributed by atoms with Crippen LogP contribution in [0.4, 0.5) is 0 Å². The Balaban J connectivity index is 2.37. The molecular weight excluding hydrogens is 280 g/mol. The molecule has 0 aliphatic heterocycles. The maximum atomic E-state index is 6.42. The van der Waals surface area contributed by atoms with Crippen molar-refractivity contribution < 1.29 is 4.57 Å². The molecule has 2 heteroatoms. The second-order valence-corrected chi connectivity index (χ2v) is 6.04. The lowest BCUT2D eigenvalue weighted by Gasteiger charge is -2.12. The van der Waals surface area contributed by atoms with Crippen LogP contribution in [0.3, 0.4) is 0 Å². The van der Waals surface area contributed by atoms with Crippen molar-refractivity contribution in [3.63, 3.8) is 0 Å². The summed E-state index contributed by atoms with van der Waals surface area (Å²) in [5.41, 5.74) is 10.4. The van der Waals surface area contributed by atoms with E-state index in [-0.39, 0.29) is 0 Å². The van der Waals surface area contributed by atoms with Gasteiger partial charge in [0.1, 0.15) is 5.69 Å². The highest BCUT2D eigenvalue weighted by Crippen LogP contribution is 2.13. The van der Waals surface area contributed by atoms with Gasteiger partial charge in [-0.2, -0.15) is 0 Å². The third kappa shape index (κ3) is 4.95. The van der Waals surface area contributed by atoms with Gasteiger partial charge < -0.3 is 0 Å². The van der Waals surface area contributed by atoms with Crippen molar-refractivity contribution in [2.24, 2.45) is 5.73 Å². The van der Waals surface area contributed by atoms with Gasteiger partial charge >= 0.3 is 0 Å². The van der Waals surface area contributed by atoms with Gasteiger partial charge in [0.2, 0.25) is 0 Å². The lowest BCUT2D eigenvalue weighted by atomic mass is 10.0. The minimum absolute atomic E-state index is 0.792. The Kier molecular flexibility index (Phi) is 6.86. The first-order valence-corrected chi connectivity index (χ1v) is 8.81. The number of hydrogen-bond donors (Lipinski definition) is 1. The first-order valence-electron chi connectivity index (χ1n) is 8.81. The molecule has 0 amide bonds. The van der Waals surface area contributed by atoms with Crippen molar-refractivity contribution in [3.05, 3.63) is 65.5 Å². The highest BCUT2D eigenvalue weighted by atomic mass is 15.1. The number of hydrogen-bond acceptors (Lipinski definition) is 1. The molecule has 0 unspecified atom stereocenters. The van der Waals surface area contributed by atoms with Gasteiger partial charge in [0.15, 0.2) is 0 Å². The monoisotopic (exact) mass is 309 g/mol. The van der Waals surface area contributed by atoms with Gasteiger partial charge in [-0.1, -0.05) is 63.1 Å². The van der Waals surface area contributed by atoms with Gasteiger partial charge in [-0.3, -0.25) is 5.73 Å². The molecule has 0 aliphatic carbocycles. The Bertz CT molecular complexity index is 630. The number of aryl methyl sites for hydroxylation is 1. The van der Waals surface area contributed by atoms with Crippen LogP contribution in [-0.2, 0) is 12.8 Å². The molecule has 0 fully saturated rings. The molecule has 1 aromatic heterocycles. The van der Waals surface area contributed by atoms with Crippen molar-refractivity contribution >= 4 is 11.9 Å².